The number of carbonyl (C=O) groups excluding carboxylic acids is 4. The van der Waals surface area contributed by atoms with E-state index in [9.17, 15) is 19.2 Å². The Morgan fingerprint density at radius 2 is 1.04 bits per heavy atom. The SMILES string of the molecule is CC1(C)NC(=O)N(CCCCCN2C(=O)NC(C)(C)C2=O)C1=O. The topological polar surface area (TPSA) is 98.8 Å². The van der Waals surface area contributed by atoms with Crippen LogP contribution in [0.1, 0.15) is 47.0 Å². The van der Waals surface area contributed by atoms with E-state index in [1.54, 1.807) is 27.7 Å². The summed E-state index contributed by atoms with van der Waals surface area (Å²) >= 11 is 0. The van der Waals surface area contributed by atoms with E-state index in [-0.39, 0.29) is 23.9 Å². The van der Waals surface area contributed by atoms with Crippen molar-refractivity contribution in [3.05, 3.63) is 0 Å². The van der Waals surface area contributed by atoms with Gasteiger partial charge in [0.05, 0.1) is 0 Å². The Balaban J connectivity index is 1.73. The molecule has 128 valence electrons. The second-order valence-corrected chi connectivity index (χ2v) is 7.08. The van der Waals surface area contributed by atoms with E-state index >= 15 is 0 Å². The fraction of sp³-hybridized carbons (Fsp3) is 0.733. The highest BCUT2D eigenvalue weighted by molar-refractivity contribution is 6.07. The van der Waals surface area contributed by atoms with Crippen LogP contribution in [0.5, 0.6) is 0 Å². The average molecular weight is 324 g/mol. The molecule has 2 N–H and O–H groups in total. The van der Waals surface area contributed by atoms with Gasteiger partial charge in [-0.05, 0) is 47.0 Å². The van der Waals surface area contributed by atoms with Crippen LogP contribution < -0.4 is 10.6 Å². The number of imide groups is 2. The van der Waals surface area contributed by atoms with E-state index in [0.29, 0.717) is 25.9 Å². The Labute approximate surface area is 135 Å². The highest BCUT2D eigenvalue weighted by atomic mass is 16.2. The summed E-state index contributed by atoms with van der Waals surface area (Å²) in [5.74, 6) is -0.448. The molecule has 0 saturated carbocycles. The van der Waals surface area contributed by atoms with Crippen molar-refractivity contribution in [1.29, 1.82) is 0 Å². The maximum Gasteiger partial charge on any atom is 0.325 e. The van der Waals surface area contributed by atoms with E-state index in [0.717, 1.165) is 6.42 Å². The van der Waals surface area contributed by atoms with Crippen molar-refractivity contribution in [2.75, 3.05) is 13.1 Å². The van der Waals surface area contributed by atoms with E-state index in [1.807, 2.05) is 0 Å². The molecule has 0 aromatic heterocycles. The lowest BCUT2D eigenvalue weighted by Gasteiger charge is -2.17. The predicted octanol–water partition coefficient (Wildman–Crippen LogP) is 0.817. The van der Waals surface area contributed by atoms with E-state index in [2.05, 4.69) is 10.6 Å². The third-order valence-corrected chi connectivity index (χ3v) is 4.15. The molecule has 6 amide bonds. The minimum absolute atomic E-state index is 0.224. The van der Waals surface area contributed by atoms with E-state index in [4.69, 9.17) is 0 Å². The predicted molar refractivity (Wildman–Crippen MR) is 82.5 cm³/mol. The Morgan fingerprint density at radius 3 is 1.30 bits per heavy atom. The third kappa shape index (κ3) is 3.30. The molecule has 0 unspecified atom stereocenters. The van der Waals surface area contributed by atoms with Crippen LogP contribution in [-0.4, -0.2) is 57.8 Å². The second-order valence-electron chi connectivity index (χ2n) is 7.08. The van der Waals surface area contributed by atoms with Crippen LogP contribution in [0.4, 0.5) is 9.59 Å². The average Bonchev–Trinajstić information content (AvgIpc) is 2.73. The van der Waals surface area contributed by atoms with E-state index in [1.165, 1.54) is 9.80 Å². The molecule has 0 aromatic carbocycles. The summed E-state index contributed by atoms with van der Waals surface area (Å²) in [6, 6.07) is -0.730. The molecular weight excluding hydrogens is 300 g/mol. The molecule has 2 rings (SSSR count). The van der Waals surface area contributed by atoms with Gasteiger partial charge in [-0.2, -0.15) is 0 Å². The Morgan fingerprint density at radius 1 is 0.696 bits per heavy atom. The van der Waals surface area contributed by atoms with Crippen molar-refractivity contribution in [3.63, 3.8) is 0 Å². The first kappa shape index (κ1) is 17.2. The van der Waals surface area contributed by atoms with Gasteiger partial charge in [0.25, 0.3) is 11.8 Å². The van der Waals surface area contributed by atoms with Crippen molar-refractivity contribution < 1.29 is 19.2 Å². The quantitative estimate of drug-likeness (QED) is 0.558. The highest BCUT2D eigenvalue weighted by Gasteiger charge is 2.44. The van der Waals surface area contributed by atoms with Crippen LogP contribution in [0, 0.1) is 0 Å². The first-order chi connectivity index (χ1) is 10.6. The van der Waals surface area contributed by atoms with Crippen molar-refractivity contribution in [2.45, 2.75) is 58.0 Å². The Bertz CT molecular complexity index is 508. The molecule has 0 spiro atoms. The smallest absolute Gasteiger partial charge is 0.324 e. The van der Waals surface area contributed by atoms with Gasteiger partial charge in [-0.1, -0.05) is 0 Å². The zero-order chi connectivity index (χ0) is 17.4. The molecule has 2 saturated heterocycles. The maximum atomic E-state index is 12.0. The number of rotatable bonds is 6. The lowest BCUT2D eigenvalue weighted by molar-refractivity contribution is -0.130. The summed E-state index contributed by atoms with van der Waals surface area (Å²) in [5, 5.41) is 5.26. The van der Waals surface area contributed by atoms with Gasteiger partial charge >= 0.3 is 12.1 Å². The van der Waals surface area contributed by atoms with Crippen molar-refractivity contribution >= 4 is 23.9 Å². The van der Waals surface area contributed by atoms with Gasteiger partial charge in [-0.3, -0.25) is 19.4 Å². The van der Waals surface area contributed by atoms with Gasteiger partial charge in [0.1, 0.15) is 11.1 Å². The van der Waals surface area contributed by atoms with E-state index < -0.39 is 11.1 Å². The highest BCUT2D eigenvalue weighted by Crippen LogP contribution is 2.19. The van der Waals surface area contributed by atoms with Crippen molar-refractivity contribution in [1.82, 2.24) is 20.4 Å². The Hall–Kier alpha value is -2.12. The first-order valence-corrected chi connectivity index (χ1v) is 7.84. The van der Waals surface area contributed by atoms with Gasteiger partial charge in [-0.25, -0.2) is 9.59 Å². The van der Waals surface area contributed by atoms with Crippen LogP contribution in [0.25, 0.3) is 0 Å². The standard InChI is InChI=1S/C15H24N4O4/c1-14(2)10(20)18(12(22)16-14)8-6-5-7-9-19-11(21)15(3,4)17-13(19)23/h5-9H2,1-4H3,(H,16,22)(H,17,23). The van der Waals surface area contributed by atoms with Crippen LogP contribution in [0.15, 0.2) is 0 Å². The molecule has 0 aliphatic carbocycles. The summed E-state index contributed by atoms with van der Waals surface area (Å²) < 4.78 is 0. The summed E-state index contributed by atoms with van der Waals surface area (Å²) in [7, 11) is 0. The van der Waals surface area contributed by atoms with Gasteiger partial charge in [-0.15, -0.1) is 0 Å². The lowest BCUT2D eigenvalue weighted by atomic mass is 10.1. The Kier molecular flexibility index (Phi) is 4.37. The van der Waals surface area contributed by atoms with Gasteiger partial charge in [0.2, 0.25) is 0 Å². The number of unbranched alkanes of at least 4 members (excludes halogenated alkanes) is 2. The molecule has 2 aliphatic heterocycles. The summed E-state index contributed by atoms with van der Waals surface area (Å²) in [6.45, 7) is 7.39. The fourth-order valence-corrected chi connectivity index (χ4v) is 2.76. The normalized spacial score (nSPS) is 22.6. The fourth-order valence-electron chi connectivity index (χ4n) is 2.76. The van der Waals surface area contributed by atoms with Crippen molar-refractivity contribution in [2.24, 2.45) is 0 Å². The number of nitrogens with zero attached hydrogens (tertiary/aromatic N) is 2. The molecule has 2 aliphatic rings. The molecule has 2 fully saturated rings. The number of hydrogen-bond donors (Lipinski definition) is 2. The van der Waals surface area contributed by atoms with Crippen LogP contribution in [0.2, 0.25) is 0 Å². The van der Waals surface area contributed by atoms with Crippen LogP contribution in [0.3, 0.4) is 0 Å². The summed E-state index contributed by atoms with van der Waals surface area (Å²) in [4.78, 5) is 49.9. The van der Waals surface area contributed by atoms with Crippen LogP contribution in [-0.2, 0) is 9.59 Å². The van der Waals surface area contributed by atoms with Gasteiger partial charge in [0, 0.05) is 13.1 Å². The summed E-state index contributed by atoms with van der Waals surface area (Å²) in [5.41, 5.74) is -1.69. The van der Waals surface area contributed by atoms with Gasteiger partial charge < -0.3 is 10.6 Å². The summed E-state index contributed by atoms with van der Waals surface area (Å²) in [6.07, 6.45) is 2.00. The van der Waals surface area contributed by atoms with Crippen LogP contribution >= 0.6 is 0 Å². The molecule has 23 heavy (non-hydrogen) atoms. The maximum absolute atomic E-state index is 12.0. The molecule has 0 aromatic rings. The minimum Gasteiger partial charge on any atom is -0.324 e. The molecule has 0 radical (unpaired) electrons. The zero-order valence-electron chi connectivity index (χ0n) is 14.1. The molecule has 0 atom stereocenters. The number of amides is 6. The molecular formula is C15H24N4O4. The molecule has 8 nitrogen and oxygen atoms in total. The molecule has 8 heteroatoms. The van der Waals surface area contributed by atoms with Gasteiger partial charge in [0.15, 0.2) is 0 Å². The first-order valence-electron chi connectivity index (χ1n) is 7.84. The largest absolute Gasteiger partial charge is 0.325 e. The second kappa shape index (κ2) is 5.82. The molecule has 0 bridgehead atoms. The zero-order valence-corrected chi connectivity index (χ0v) is 14.1. The number of nitrogens with one attached hydrogen (secondary N) is 2. The lowest BCUT2D eigenvalue weighted by Crippen LogP contribution is -2.40. The number of urea groups is 2. The monoisotopic (exact) mass is 324 g/mol. The third-order valence-electron chi connectivity index (χ3n) is 4.15. The molecule has 2 heterocycles. The number of carbonyl (C=O) groups is 4. The number of hydrogen-bond acceptors (Lipinski definition) is 4. The van der Waals surface area contributed by atoms with Crippen molar-refractivity contribution in [3.8, 4) is 0 Å². The minimum atomic E-state index is -0.845.